The van der Waals surface area contributed by atoms with Gasteiger partial charge in [0.25, 0.3) is 5.91 Å². The fourth-order valence-electron chi connectivity index (χ4n) is 8.21. The van der Waals surface area contributed by atoms with Crippen LogP contribution < -0.4 is 10.7 Å². The molecule has 2 aliphatic heterocycles. The molecule has 1 aromatic carbocycles. The average Bonchev–Trinajstić information content (AvgIpc) is 3.85. The summed E-state index contributed by atoms with van der Waals surface area (Å²) < 4.78 is 20.6. The van der Waals surface area contributed by atoms with E-state index in [0.29, 0.717) is 44.2 Å². The van der Waals surface area contributed by atoms with Crippen molar-refractivity contribution in [3.05, 3.63) is 58.2 Å². The SMILES string of the molecule is CCn1c(-c2cccnc2C(C)OC)c(CC(C)C(C)OC(C)=O)c2cc(-c3csc(CC(NC(=O)C(SN(C)C(=O)N4CC(OC)C4)C(C)C)C(=O)N4CCCCN4)n3)ccc21. The first-order valence-corrected chi connectivity index (χ1v) is 23.7. The van der Waals surface area contributed by atoms with Crippen LogP contribution in [0, 0.1) is 11.8 Å². The third-order valence-electron chi connectivity index (χ3n) is 12.1. The van der Waals surface area contributed by atoms with E-state index in [1.165, 1.54) is 34.5 Å². The maximum absolute atomic E-state index is 14.2. The number of hydrazine groups is 1. The highest BCUT2D eigenvalue weighted by molar-refractivity contribution is 7.98. The number of methoxy groups -OCH3 is 2. The number of thiazole rings is 1. The number of aromatic nitrogens is 3. The Kier molecular flexibility index (Phi) is 16.3. The number of urea groups is 1. The maximum atomic E-state index is 14.2. The van der Waals surface area contributed by atoms with E-state index in [4.69, 9.17) is 24.2 Å². The van der Waals surface area contributed by atoms with Crippen molar-refractivity contribution >= 4 is 58.0 Å². The highest BCUT2D eigenvalue weighted by Gasteiger charge is 2.37. The zero-order valence-corrected chi connectivity index (χ0v) is 39.9. The number of pyridine rings is 1. The maximum Gasteiger partial charge on any atom is 0.329 e. The van der Waals surface area contributed by atoms with Crippen LogP contribution in [0.2, 0.25) is 0 Å². The number of fused-ring (bicyclic) bond motifs is 1. The summed E-state index contributed by atoms with van der Waals surface area (Å²) in [6, 6.07) is 9.36. The van der Waals surface area contributed by atoms with Crippen LogP contribution >= 0.6 is 23.3 Å². The van der Waals surface area contributed by atoms with Crippen LogP contribution in [0.15, 0.2) is 41.9 Å². The van der Waals surface area contributed by atoms with Crippen molar-refractivity contribution in [1.29, 1.82) is 0 Å². The lowest BCUT2D eigenvalue weighted by Gasteiger charge is -2.40. The fourth-order valence-corrected chi connectivity index (χ4v) is 10.0. The van der Waals surface area contributed by atoms with Crippen LogP contribution in [0.25, 0.3) is 33.4 Å². The summed E-state index contributed by atoms with van der Waals surface area (Å²) in [4.78, 5) is 65.0. The normalized spacial score (nSPS) is 16.9. The lowest BCUT2D eigenvalue weighted by molar-refractivity contribution is -0.147. The number of carbonyl (C=O) groups excluding carboxylic acids is 4. The standard InChI is InChI=1S/C46H64N8O7S2/c1-11-53-39-17-16-32(22-35(39)36(21-28(4)29(5)61-31(7)55)42(53)34-15-14-18-47-41(34)30(6)59-9)38-26-62-40(49-38)23-37(45(57)54-20-13-12-19-48-54)50-44(56)43(27(2)3)63-51(8)46(58)52-24-33(25-52)60-10/h14-18,22,26-30,33,37,43,48H,11-13,19-21,23-25H2,1-10H3,(H,50,56). The van der Waals surface area contributed by atoms with Crippen molar-refractivity contribution in [3.8, 4) is 22.5 Å². The molecule has 2 N–H and O–H groups in total. The first-order valence-electron chi connectivity index (χ1n) is 22.0. The largest absolute Gasteiger partial charge is 0.463 e. The van der Waals surface area contributed by atoms with Crippen molar-refractivity contribution in [2.45, 2.75) is 110 Å². The molecule has 0 bridgehead atoms. The molecule has 0 aliphatic carbocycles. The summed E-state index contributed by atoms with van der Waals surface area (Å²) in [6.45, 7) is 16.4. The second-order valence-electron chi connectivity index (χ2n) is 16.9. The zero-order chi connectivity index (χ0) is 45.5. The van der Waals surface area contributed by atoms with Crippen LogP contribution in [0.1, 0.15) is 83.7 Å². The molecule has 5 unspecified atom stereocenters. The lowest BCUT2D eigenvalue weighted by atomic mass is 9.91. The second-order valence-corrected chi connectivity index (χ2v) is 19.1. The van der Waals surface area contributed by atoms with Crippen molar-refractivity contribution in [2.75, 3.05) is 47.4 Å². The van der Waals surface area contributed by atoms with Crippen LogP contribution in [-0.4, -0.2) is 124 Å². The van der Waals surface area contributed by atoms with Crippen LogP contribution in [0.3, 0.4) is 0 Å². The Morgan fingerprint density at radius 3 is 2.48 bits per heavy atom. The van der Waals surface area contributed by atoms with E-state index in [1.54, 1.807) is 37.4 Å². The topological polar surface area (TPSA) is 160 Å². The second kappa shape index (κ2) is 21.4. The number of nitrogens with one attached hydrogen (secondary N) is 2. The Hall–Kier alpha value is -4.55. The molecule has 2 saturated heterocycles. The molecule has 3 aromatic heterocycles. The summed E-state index contributed by atoms with van der Waals surface area (Å²) in [5.41, 5.74) is 9.94. The Labute approximate surface area is 379 Å². The molecule has 342 valence electrons. The molecule has 6 rings (SSSR count). The number of carbonyl (C=O) groups is 4. The summed E-state index contributed by atoms with van der Waals surface area (Å²) in [5, 5.41) is 7.83. The molecule has 5 heterocycles. The summed E-state index contributed by atoms with van der Waals surface area (Å²) in [7, 11) is 4.99. The van der Waals surface area contributed by atoms with Gasteiger partial charge in [0, 0.05) is 87.9 Å². The van der Waals surface area contributed by atoms with Gasteiger partial charge in [0.15, 0.2) is 0 Å². The predicted molar refractivity (Wildman–Crippen MR) is 248 cm³/mol. The molecule has 0 radical (unpaired) electrons. The number of ether oxygens (including phenoxy) is 3. The Morgan fingerprint density at radius 1 is 1.06 bits per heavy atom. The number of hydrogen-bond acceptors (Lipinski definition) is 12. The number of aryl methyl sites for hydroxylation is 1. The molecular weight excluding hydrogens is 841 g/mol. The number of nitrogens with zero attached hydrogens (tertiary/aromatic N) is 6. The van der Waals surface area contributed by atoms with Gasteiger partial charge in [-0.05, 0) is 93.6 Å². The van der Waals surface area contributed by atoms with Crippen LogP contribution in [0.4, 0.5) is 4.79 Å². The monoisotopic (exact) mass is 904 g/mol. The van der Waals surface area contributed by atoms with E-state index in [-0.39, 0.29) is 60.4 Å². The van der Waals surface area contributed by atoms with E-state index in [0.717, 1.165) is 57.5 Å². The van der Waals surface area contributed by atoms with Crippen molar-refractivity contribution in [1.82, 2.24) is 39.5 Å². The van der Waals surface area contributed by atoms with Gasteiger partial charge in [-0.1, -0.05) is 26.8 Å². The van der Waals surface area contributed by atoms with Gasteiger partial charge in [0.2, 0.25) is 5.91 Å². The van der Waals surface area contributed by atoms with Gasteiger partial charge in [-0.3, -0.25) is 28.7 Å². The number of rotatable bonds is 18. The van der Waals surface area contributed by atoms with E-state index in [2.05, 4.69) is 53.4 Å². The number of hydrogen-bond donors (Lipinski definition) is 2. The molecule has 5 atom stereocenters. The zero-order valence-electron chi connectivity index (χ0n) is 38.3. The average molecular weight is 905 g/mol. The Bertz CT molecular complexity index is 2230. The van der Waals surface area contributed by atoms with Gasteiger partial charge in [-0.15, -0.1) is 11.3 Å². The molecule has 0 saturated carbocycles. The van der Waals surface area contributed by atoms with Gasteiger partial charge in [0.05, 0.1) is 47.4 Å². The third kappa shape index (κ3) is 11.0. The van der Waals surface area contributed by atoms with Gasteiger partial charge < -0.3 is 29.0 Å². The minimum atomic E-state index is -0.887. The van der Waals surface area contributed by atoms with Gasteiger partial charge in [-0.25, -0.2) is 15.2 Å². The van der Waals surface area contributed by atoms with Gasteiger partial charge >= 0.3 is 12.0 Å². The van der Waals surface area contributed by atoms with E-state index in [1.807, 2.05) is 39.1 Å². The molecule has 4 aromatic rings. The van der Waals surface area contributed by atoms with Crippen molar-refractivity contribution in [3.63, 3.8) is 0 Å². The van der Waals surface area contributed by atoms with Gasteiger partial charge in [-0.2, -0.15) is 0 Å². The Morgan fingerprint density at radius 2 is 1.83 bits per heavy atom. The summed E-state index contributed by atoms with van der Waals surface area (Å²) in [6.07, 6.45) is 3.90. The molecule has 2 fully saturated rings. The Balaban J connectivity index is 1.32. The third-order valence-corrected chi connectivity index (χ3v) is 14.4. The molecule has 2 aliphatic rings. The van der Waals surface area contributed by atoms with Crippen molar-refractivity contribution in [2.24, 2.45) is 11.8 Å². The summed E-state index contributed by atoms with van der Waals surface area (Å²) >= 11 is 2.62. The number of likely N-dealkylation sites (tertiary alicyclic amines) is 1. The van der Waals surface area contributed by atoms with E-state index < -0.39 is 11.3 Å². The number of benzene rings is 1. The molecule has 4 amide bonds. The fraction of sp³-hybridized carbons (Fsp3) is 0.565. The quantitative estimate of drug-likeness (QED) is 0.0791. The molecular formula is C46H64N8O7S2. The molecule has 15 nitrogen and oxygen atoms in total. The lowest BCUT2D eigenvalue weighted by Crippen LogP contribution is -2.58. The van der Waals surface area contributed by atoms with E-state index >= 15 is 0 Å². The minimum absolute atomic E-state index is 0.00380. The number of amides is 4. The predicted octanol–water partition coefficient (Wildman–Crippen LogP) is 6.89. The van der Waals surface area contributed by atoms with Crippen LogP contribution in [0.5, 0.6) is 0 Å². The smallest absolute Gasteiger partial charge is 0.329 e. The molecule has 17 heteroatoms. The number of esters is 1. The minimum Gasteiger partial charge on any atom is -0.463 e. The molecule has 63 heavy (non-hydrogen) atoms. The molecule has 0 spiro atoms. The first-order chi connectivity index (χ1) is 30.1. The highest BCUT2D eigenvalue weighted by atomic mass is 32.2. The summed E-state index contributed by atoms with van der Waals surface area (Å²) in [5.74, 6) is -0.989. The van der Waals surface area contributed by atoms with E-state index in [9.17, 15) is 19.2 Å². The highest BCUT2D eigenvalue weighted by Crippen LogP contribution is 2.40. The van der Waals surface area contributed by atoms with Crippen molar-refractivity contribution < 1.29 is 33.4 Å². The first kappa shape index (κ1) is 47.9. The van der Waals surface area contributed by atoms with Crippen LogP contribution in [-0.2, 0) is 48.0 Å². The van der Waals surface area contributed by atoms with Gasteiger partial charge in [0.1, 0.15) is 17.4 Å².